The van der Waals surface area contributed by atoms with E-state index >= 15 is 9.59 Å². The molecule has 0 aliphatic carbocycles. The van der Waals surface area contributed by atoms with Gasteiger partial charge in [-0.2, -0.15) is 18.4 Å². The zero-order valence-corrected chi connectivity index (χ0v) is 44.7. The molecule has 0 bridgehead atoms. The van der Waals surface area contributed by atoms with E-state index in [1.165, 1.54) is 50.0 Å². The predicted octanol–water partition coefficient (Wildman–Crippen LogP) is 6.68. The number of likely N-dealkylation sites (N-methyl/N-ethyl adjacent to an activating group) is 3. The highest BCUT2D eigenvalue weighted by molar-refractivity contribution is 5.97. The first-order chi connectivity index (χ1) is 34.6. The molecule has 1 heterocycles. The number of carbonyl (C=O) groups is 7. The van der Waals surface area contributed by atoms with Crippen LogP contribution >= 0.6 is 0 Å². The number of carboxylic acid groups (broad SMARTS) is 1. The average Bonchev–Trinajstić information content (AvgIpc) is 3.68. The molecule has 0 aliphatic heterocycles. The molecule has 0 aliphatic rings. The van der Waals surface area contributed by atoms with Crippen molar-refractivity contribution in [2.45, 2.75) is 168 Å². The normalized spacial score (nSPS) is 14.6. The number of amides is 5. The maximum atomic E-state index is 15.1. The Labute approximate surface area is 433 Å². The first-order valence-electron chi connectivity index (χ1n) is 25.3. The minimum absolute atomic E-state index is 0.0468. The fourth-order valence-corrected chi connectivity index (χ4v) is 8.66. The summed E-state index contributed by atoms with van der Waals surface area (Å²) in [6.45, 7) is 14.6. The van der Waals surface area contributed by atoms with Crippen LogP contribution < -0.4 is 16.4 Å². The number of aromatic nitrogens is 1. The van der Waals surface area contributed by atoms with E-state index in [1.54, 1.807) is 18.3 Å². The van der Waals surface area contributed by atoms with Crippen LogP contribution in [0, 0.1) is 29.1 Å². The predicted molar refractivity (Wildman–Crippen MR) is 274 cm³/mol. The number of nitriles is 1. The maximum absolute atomic E-state index is 15.1. The number of nitrogens with zero attached hydrogens (tertiary/aromatic N) is 5. The van der Waals surface area contributed by atoms with E-state index in [0.29, 0.717) is 34.9 Å². The molecule has 0 unspecified atom stereocenters. The Bertz CT molecular complexity index is 2430. The van der Waals surface area contributed by atoms with Crippen LogP contribution in [0.3, 0.4) is 0 Å². The largest absolute Gasteiger partial charge is 0.479 e. The third kappa shape index (κ3) is 17.6. The van der Waals surface area contributed by atoms with Gasteiger partial charge in [-0.3, -0.25) is 24.0 Å². The summed E-state index contributed by atoms with van der Waals surface area (Å²) in [6, 6.07) is 6.71. The number of benzene rings is 2. The number of hydrogen-bond donors (Lipinski definition) is 4. The fraction of sp³-hybridized carbons (Fsp3) is 0.593. The number of carboxylic acids is 1. The summed E-state index contributed by atoms with van der Waals surface area (Å²) in [6.07, 6.45) is -2.65. The summed E-state index contributed by atoms with van der Waals surface area (Å²) in [5.41, 5.74) is 7.28. The van der Waals surface area contributed by atoms with Gasteiger partial charge in [-0.1, -0.05) is 91.6 Å². The molecule has 7 atom stereocenters. The van der Waals surface area contributed by atoms with Crippen molar-refractivity contribution >= 4 is 52.4 Å². The number of carbonyl (C=O) groups excluding carboxylic acids is 6. The minimum Gasteiger partial charge on any atom is -0.479 e. The number of hydrogen-bond acceptors (Lipinski definition) is 10. The second-order valence-electron chi connectivity index (χ2n) is 20.5. The summed E-state index contributed by atoms with van der Waals surface area (Å²) in [5.74, 6) is -6.10. The van der Waals surface area contributed by atoms with Crippen molar-refractivity contribution < 1.29 is 56.6 Å². The second kappa shape index (κ2) is 28.3. The average molecular weight is 1040 g/mol. The van der Waals surface area contributed by atoms with Crippen LogP contribution in [-0.2, 0) is 57.4 Å². The molecule has 2 aromatic carbocycles. The van der Waals surface area contributed by atoms with Crippen LogP contribution in [0.5, 0.6) is 0 Å². The highest BCUT2D eigenvalue weighted by Crippen LogP contribution is 2.30. The summed E-state index contributed by atoms with van der Waals surface area (Å²) in [4.78, 5) is 101. The summed E-state index contributed by atoms with van der Waals surface area (Å²) in [5, 5.41) is 25.0. The number of aliphatic carboxylic acids is 1. The monoisotopic (exact) mass is 1040 g/mol. The molecule has 5 N–H and O–H groups in total. The highest BCUT2D eigenvalue weighted by Gasteiger charge is 2.39. The lowest BCUT2D eigenvalue weighted by Crippen LogP contribution is -2.60. The molecule has 0 fully saturated rings. The zero-order valence-electron chi connectivity index (χ0n) is 44.7. The first-order valence-corrected chi connectivity index (χ1v) is 25.3. The van der Waals surface area contributed by atoms with Crippen molar-refractivity contribution in [1.29, 1.82) is 5.26 Å². The fourth-order valence-electron chi connectivity index (χ4n) is 8.66. The van der Waals surface area contributed by atoms with Crippen LogP contribution in [0.1, 0.15) is 123 Å². The van der Waals surface area contributed by atoms with E-state index in [-0.39, 0.29) is 62.8 Å². The standard InChI is InChI=1S/C54H77F3N8O9/c1-12-13-18-40(59)49(68)63(10)44(28-34(6)7)47(66)61-42(27-33(4)5)51(70)64(11)45(29-37-31-65(43-19-15-14-17-39(37)43)30-36-21-23-38(24-22-36)54(55,56)57)48(67)60-41(26-32(2)3)50(69)62(9)35(8)53(73)74-46(52(71)72)20-16-25-58/h14-15,17,19,21-24,31-35,40-42,44-46H,12-13,16,18,20,26-30,59H2,1-11H3,(H,60,67)(H,61,66)(H,71,72)/t35-,40-,41-,42-,44-,45-,46+/m0/s1. The van der Waals surface area contributed by atoms with Crippen LogP contribution in [0.2, 0.25) is 0 Å². The van der Waals surface area contributed by atoms with Gasteiger partial charge in [0.1, 0.15) is 30.2 Å². The number of ether oxygens (including phenoxy) is 1. The lowest BCUT2D eigenvalue weighted by Gasteiger charge is -2.35. The van der Waals surface area contributed by atoms with Gasteiger partial charge in [0.05, 0.1) is 17.7 Å². The number of alkyl halides is 3. The summed E-state index contributed by atoms with van der Waals surface area (Å²) < 4.78 is 47.4. The third-order valence-corrected chi connectivity index (χ3v) is 13.0. The Hall–Kier alpha value is -6.49. The van der Waals surface area contributed by atoms with Gasteiger partial charge in [-0.05, 0) is 79.7 Å². The van der Waals surface area contributed by atoms with Crippen LogP contribution in [0.25, 0.3) is 10.9 Å². The van der Waals surface area contributed by atoms with E-state index in [2.05, 4.69) is 10.6 Å². The number of nitrogens with two attached hydrogens (primary N) is 1. The molecule has 74 heavy (non-hydrogen) atoms. The minimum atomic E-state index is -4.53. The highest BCUT2D eigenvalue weighted by atomic mass is 19.4. The van der Waals surface area contributed by atoms with Gasteiger partial charge in [0.15, 0.2) is 6.10 Å². The lowest BCUT2D eigenvalue weighted by molar-refractivity contribution is -0.169. The van der Waals surface area contributed by atoms with Crippen LogP contribution in [0.4, 0.5) is 13.2 Å². The molecular weight excluding hydrogens is 962 g/mol. The second-order valence-corrected chi connectivity index (χ2v) is 20.5. The SMILES string of the molecule is CCCC[C@H](N)C(=O)N(C)[C@@H](CC(C)C)C(=O)N[C@@H](CC(C)C)C(=O)N(C)[C@@H](Cc1cn(Cc2ccc(C(F)(F)F)cc2)c2ccccc12)C(=O)N[C@@H](CC(C)C)C(=O)N(C)[C@@H](C)C(=O)O[C@H](CCC#N)C(=O)O. The maximum Gasteiger partial charge on any atom is 0.416 e. The number of para-hydroxylation sites is 1. The number of fused-ring (bicyclic) bond motifs is 1. The molecule has 408 valence electrons. The number of rotatable bonds is 28. The number of esters is 1. The van der Waals surface area contributed by atoms with Crippen molar-refractivity contribution in [2.24, 2.45) is 23.5 Å². The van der Waals surface area contributed by atoms with Gasteiger partial charge >= 0.3 is 18.1 Å². The Kier molecular flexibility index (Phi) is 23.6. The van der Waals surface area contributed by atoms with E-state index < -0.39 is 95.6 Å². The zero-order chi connectivity index (χ0) is 55.8. The lowest BCUT2D eigenvalue weighted by atomic mass is 9.97. The summed E-state index contributed by atoms with van der Waals surface area (Å²) in [7, 11) is 4.23. The first kappa shape index (κ1) is 61.8. The van der Waals surface area contributed by atoms with Gasteiger partial charge in [-0.15, -0.1) is 0 Å². The quantitative estimate of drug-likeness (QED) is 0.0560. The Morgan fingerprint density at radius 1 is 0.757 bits per heavy atom. The molecule has 1 aromatic heterocycles. The van der Waals surface area contributed by atoms with E-state index in [9.17, 15) is 42.3 Å². The Morgan fingerprint density at radius 3 is 1.80 bits per heavy atom. The molecule has 3 rings (SSSR count). The van der Waals surface area contributed by atoms with Gasteiger partial charge < -0.3 is 45.5 Å². The van der Waals surface area contributed by atoms with Crippen molar-refractivity contribution in [3.05, 3.63) is 71.4 Å². The van der Waals surface area contributed by atoms with Crippen molar-refractivity contribution in [1.82, 2.24) is 29.9 Å². The molecule has 0 spiro atoms. The molecule has 0 radical (unpaired) electrons. The Morgan fingerprint density at radius 2 is 1.28 bits per heavy atom. The molecule has 0 saturated heterocycles. The van der Waals surface area contributed by atoms with Gasteiger partial charge in [0, 0.05) is 64.1 Å². The molecule has 5 amide bonds. The summed E-state index contributed by atoms with van der Waals surface area (Å²) >= 11 is 0. The van der Waals surface area contributed by atoms with E-state index in [1.807, 2.05) is 71.2 Å². The van der Waals surface area contributed by atoms with Gasteiger partial charge in [0.2, 0.25) is 29.5 Å². The van der Waals surface area contributed by atoms with E-state index in [4.69, 9.17) is 15.7 Å². The topological polar surface area (TPSA) is 237 Å². The smallest absolute Gasteiger partial charge is 0.416 e. The molecule has 20 heteroatoms. The number of nitrogens with one attached hydrogen (secondary N) is 2. The van der Waals surface area contributed by atoms with Crippen molar-refractivity contribution in [3.63, 3.8) is 0 Å². The van der Waals surface area contributed by atoms with Crippen LogP contribution in [-0.4, -0.2) is 129 Å². The third-order valence-electron chi connectivity index (χ3n) is 13.0. The molecule has 3 aromatic rings. The van der Waals surface area contributed by atoms with Gasteiger partial charge in [-0.25, -0.2) is 9.59 Å². The Balaban J connectivity index is 2.15. The number of halogens is 3. The molecular formula is C54H77F3N8O9. The van der Waals surface area contributed by atoms with Crippen LogP contribution in [0.15, 0.2) is 54.7 Å². The van der Waals surface area contributed by atoms with Gasteiger partial charge in [0.25, 0.3) is 0 Å². The number of unbranched alkanes of at least 4 members (excludes halogenated alkanes) is 1. The van der Waals surface area contributed by atoms with E-state index in [0.717, 1.165) is 23.5 Å². The molecule has 0 saturated carbocycles. The van der Waals surface area contributed by atoms with Crippen molar-refractivity contribution in [3.8, 4) is 6.07 Å². The van der Waals surface area contributed by atoms with Crippen molar-refractivity contribution in [2.75, 3.05) is 21.1 Å². The molecule has 17 nitrogen and oxygen atoms in total.